The molecule has 0 radical (unpaired) electrons. The van der Waals surface area contributed by atoms with Crippen LogP contribution < -0.4 is 4.74 Å². The topological polar surface area (TPSA) is 22.1 Å². The highest BCUT2D eigenvalue weighted by molar-refractivity contribution is 6.42. The molecular weight excluding hydrogens is 280 g/mol. The minimum absolute atomic E-state index is 0.332. The summed E-state index contributed by atoms with van der Waals surface area (Å²) < 4.78 is 5.52. The molecule has 2 aromatic rings. The maximum absolute atomic E-state index is 5.87. The van der Waals surface area contributed by atoms with Crippen molar-refractivity contribution in [2.24, 2.45) is 0 Å². The fourth-order valence-corrected chi connectivity index (χ4v) is 1.72. The molecule has 0 bridgehead atoms. The first-order valence-corrected chi connectivity index (χ1v) is 5.97. The Labute approximate surface area is 114 Å². The second-order valence-corrected chi connectivity index (χ2v) is 4.58. The van der Waals surface area contributed by atoms with Crippen LogP contribution >= 0.6 is 34.8 Å². The van der Waals surface area contributed by atoms with Crippen molar-refractivity contribution in [1.29, 1.82) is 0 Å². The molecule has 0 unspecified atom stereocenters. The van der Waals surface area contributed by atoms with Crippen molar-refractivity contribution in [3.63, 3.8) is 0 Å². The van der Waals surface area contributed by atoms with Crippen LogP contribution in [0, 0.1) is 0 Å². The Balaban J connectivity index is 2.05. The molecule has 2 rings (SSSR count). The van der Waals surface area contributed by atoms with Gasteiger partial charge in [0.2, 0.25) is 0 Å². The van der Waals surface area contributed by atoms with Crippen LogP contribution in [-0.2, 0) is 6.61 Å². The Hall–Kier alpha value is -0.960. The van der Waals surface area contributed by atoms with Gasteiger partial charge in [0, 0.05) is 17.3 Å². The van der Waals surface area contributed by atoms with Gasteiger partial charge in [-0.3, -0.25) is 4.98 Å². The van der Waals surface area contributed by atoms with E-state index in [1.165, 1.54) is 0 Å². The first-order valence-electron chi connectivity index (χ1n) is 4.83. The zero-order chi connectivity index (χ0) is 12.3. The highest BCUT2D eigenvalue weighted by atomic mass is 35.5. The van der Waals surface area contributed by atoms with Gasteiger partial charge in [0.05, 0.1) is 15.7 Å². The molecule has 17 heavy (non-hydrogen) atoms. The Kier molecular flexibility index (Phi) is 4.11. The standard InChI is InChI=1S/C12H8Cl3NO/c13-8-3-4-16-9(5-8)7-17-10-1-2-11(14)12(15)6-10/h1-6H,7H2. The van der Waals surface area contributed by atoms with E-state index in [0.717, 1.165) is 5.69 Å². The Morgan fingerprint density at radius 1 is 1.00 bits per heavy atom. The molecule has 0 amide bonds. The molecule has 5 heteroatoms. The fraction of sp³-hybridized carbons (Fsp3) is 0.0833. The normalized spacial score (nSPS) is 10.3. The van der Waals surface area contributed by atoms with Crippen LogP contribution in [0.25, 0.3) is 0 Å². The van der Waals surface area contributed by atoms with E-state index in [9.17, 15) is 0 Å². The molecule has 0 fully saturated rings. The van der Waals surface area contributed by atoms with Crippen molar-refractivity contribution >= 4 is 34.8 Å². The summed E-state index contributed by atoms with van der Waals surface area (Å²) in [4.78, 5) is 4.13. The second kappa shape index (κ2) is 5.58. The molecule has 0 aliphatic carbocycles. The third-order valence-electron chi connectivity index (χ3n) is 2.06. The van der Waals surface area contributed by atoms with Gasteiger partial charge in [-0.15, -0.1) is 0 Å². The van der Waals surface area contributed by atoms with Gasteiger partial charge in [-0.2, -0.15) is 0 Å². The number of rotatable bonds is 3. The summed E-state index contributed by atoms with van der Waals surface area (Å²) in [6, 6.07) is 8.56. The van der Waals surface area contributed by atoms with Gasteiger partial charge >= 0.3 is 0 Å². The number of nitrogens with zero attached hydrogens (tertiary/aromatic N) is 1. The predicted molar refractivity (Wildman–Crippen MR) is 70.0 cm³/mol. The maximum atomic E-state index is 5.87. The lowest BCUT2D eigenvalue weighted by Gasteiger charge is -2.06. The summed E-state index contributed by atoms with van der Waals surface area (Å²) in [5, 5.41) is 1.59. The monoisotopic (exact) mass is 287 g/mol. The zero-order valence-corrected chi connectivity index (χ0v) is 10.9. The first-order chi connectivity index (χ1) is 8.15. The number of benzene rings is 1. The van der Waals surface area contributed by atoms with E-state index >= 15 is 0 Å². The summed E-state index contributed by atoms with van der Waals surface area (Å²) in [6.45, 7) is 0.332. The zero-order valence-electron chi connectivity index (χ0n) is 8.66. The summed E-state index contributed by atoms with van der Waals surface area (Å²) in [7, 11) is 0. The minimum atomic E-state index is 0.332. The highest BCUT2D eigenvalue weighted by Crippen LogP contribution is 2.26. The van der Waals surface area contributed by atoms with E-state index in [1.807, 2.05) is 0 Å². The summed E-state index contributed by atoms with van der Waals surface area (Å²) >= 11 is 17.5. The predicted octanol–water partition coefficient (Wildman–Crippen LogP) is 4.62. The lowest BCUT2D eigenvalue weighted by Crippen LogP contribution is -1.97. The van der Waals surface area contributed by atoms with Gasteiger partial charge in [0.25, 0.3) is 0 Å². The van der Waals surface area contributed by atoms with E-state index in [-0.39, 0.29) is 0 Å². The summed E-state index contributed by atoms with van der Waals surface area (Å²) in [5.74, 6) is 0.640. The quantitative estimate of drug-likeness (QED) is 0.822. The van der Waals surface area contributed by atoms with Crippen LogP contribution in [-0.4, -0.2) is 4.98 Å². The molecule has 0 aliphatic heterocycles. The summed E-state index contributed by atoms with van der Waals surface area (Å²) in [6.07, 6.45) is 1.63. The minimum Gasteiger partial charge on any atom is -0.487 e. The number of pyridine rings is 1. The lowest BCUT2D eigenvalue weighted by molar-refractivity contribution is 0.301. The van der Waals surface area contributed by atoms with Gasteiger partial charge in [-0.05, 0) is 24.3 Å². The van der Waals surface area contributed by atoms with Crippen molar-refractivity contribution in [3.8, 4) is 5.75 Å². The highest BCUT2D eigenvalue weighted by Gasteiger charge is 2.01. The average molecular weight is 289 g/mol. The number of aromatic nitrogens is 1. The van der Waals surface area contributed by atoms with Gasteiger partial charge in [-0.25, -0.2) is 0 Å². The van der Waals surface area contributed by atoms with Crippen LogP contribution in [0.4, 0.5) is 0 Å². The molecule has 1 heterocycles. The first kappa shape index (κ1) is 12.5. The largest absolute Gasteiger partial charge is 0.487 e. The van der Waals surface area contributed by atoms with Crippen molar-refractivity contribution in [2.45, 2.75) is 6.61 Å². The number of hydrogen-bond acceptors (Lipinski definition) is 2. The van der Waals surface area contributed by atoms with E-state index in [0.29, 0.717) is 27.4 Å². The Morgan fingerprint density at radius 3 is 2.53 bits per heavy atom. The van der Waals surface area contributed by atoms with Crippen LogP contribution in [0.1, 0.15) is 5.69 Å². The van der Waals surface area contributed by atoms with E-state index in [1.54, 1.807) is 36.5 Å². The molecule has 0 N–H and O–H groups in total. The molecule has 0 aliphatic rings. The molecule has 1 aromatic heterocycles. The van der Waals surface area contributed by atoms with Crippen molar-refractivity contribution in [3.05, 3.63) is 57.3 Å². The van der Waals surface area contributed by atoms with E-state index in [2.05, 4.69) is 4.98 Å². The molecule has 1 aromatic carbocycles. The van der Waals surface area contributed by atoms with Crippen molar-refractivity contribution in [1.82, 2.24) is 4.98 Å². The molecule has 0 spiro atoms. The maximum Gasteiger partial charge on any atom is 0.130 e. The Bertz CT molecular complexity index is 531. The molecular formula is C12H8Cl3NO. The van der Waals surface area contributed by atoms with Crippen molar-refractivity contribution in [2.75, 3.05) is 0 Å². The third-order valence-corrected chi connectivity index (χ3v) is 3.03. The van der Waals surface area contributed by atoms with Crippen LogP contribution in [0.15, 0.2) is 36.5 Å². The summed E-state index contributed by atoms with van der Waals surface area (Å²) in [5.41, 5.74) is 0.753. The van der Waals surface area contributed by atoms with Gasteiger partial charge in [0.1, 0.15) is 12.4 Å². The van der Waals surface area contributed by atoms with Gasteiger partial charge in [0.15, 0.2) is 0 Å². The van der Waals surface area contributed by atoms with Gasteiger partial charge < -0.3 is 4.74 Å². The lowest BCUT2D eigenvalue weighted by atomic mass is 10.3. The van der Waals surface area contributed by atoms with E-state index in [4.69, 9.17) is 39.5 Å². The average Bonchev–Trinajstić information content (AvgIpc) is 2.31. The molecule has 0 saturated carbocycles. The fourth-order valence-electron chi connectivity index (χ4n) is 1.25. The Morgan fingerprint density at radius 2 is 1.82 bits per heavy atom. The third kappa shape index (κ3) is 3.50. The number of halogens is 3. The molecule has 0 saturated heterocycles. The van der Waals surface area contributed by atoms with Gasteiger partial charge in [-0.1, -0.05) is 34.8 Å². The number of hydrogen-bond donors (Lipinski definition) is 0. The number of ether oxygens (including phenoxy) is 1. The molecule has 88 valence electrons. The second-order valence-electron chi connectivity index (χ2n) is 3.33. The van der Waals surface area contributed by atoms with Crippen LogP contribution in [0.2, 0.25) is 15.1 Å². The SMILES string of the molecule is Clc1ccnc(COc2ccc(Cl)c(Cl)c2)c1. The smallest absolute Gasteiger partial charge is 0.130 e. The van der Waals surface area contributed by atoms with E-state index < -0.39 is 0 Å². The van der Waals surface area contributed by atoms with Crippen LogP contribution in [0.3, 0.4) is 0 Å². The van der Waals surface area contributed by atoms with Crippen LogP contribution in [0.5, 0.6) is 5.75 Å². The molecule has 2 nitrogen and oxygen atoms in total. The van der Waals surface area contributed by atoms with Crippen molar-refractivity contribution < 1.29 is 4.74 Å². The molecule has 0 atom stereocenters.